The van der Waals surface area contributed by atoms with E-state index in [2.05, 4.69) is 254 Å². The Bertz CT molecular complexity index is 3850. The Kier molecular flexibility index (Phi) is 7.92. The molecule has 322 valence electrons. The van der Waals surface area contributed by atoms with Crippen LogP contribution < -0.4 is 14.4 Å². The molecule has 0 atom stereocenters. The van der Waals surface area contributed by atoms with Crippen molar-refractivity contribution in [1.82, 2.24) is 0 Å². The molecule has 0 aromatic heterocycles. The zero-order valence-electron chi connectivity index (χ0n) is 37.4. The van der Waals surface area contributed by atoms with Gasteiger partial charge >= 0.3 is 0 Å². The Hall–Kier alpha value is -8.92. The molecule has 69 heavy (non-hydrogen) atoms. The molecule has 2 spiro atoms. The van der Waals surface area contributed by atoms with Crippen molar-refractivity contribution in [3.63, 3.8) is 0 Å². The summed E-state index contributed by atoms with van der Waals surface area (Å²) in [6, 6.07) is 91.0. The number of anilines is 3. The van der Waals surface area contributed by atoms with Gasteiger partial charge < -0.3 is 14.4 Å². The number of benzene rings is 11. The fraction of sp³-hybridized carbons (Fsp3) is 0.0303. The van der Waals surface area contributed by atoms with Crippen molar-refractivity contribution in [3.05, 3.63) is 293 Å². The second-order valence-electron chi connectivity index (χ2n) is 18.6. The van der Waals surface area contributed by atoms with E-state index in [-0.39, 0.29) is 0 Å². The molecule has 3 heteroatoms. The average molecular weight is 880 g/mol. The Labute approximate surface area is 400 Å². The number of fused-ring (bicyclic) bond motifs is 20. The van der Waals surface area contributed by atoms with Gasteiger partial charge in [0.05, 0.1) is 27.9 Å². The van der Waals surface area contributed by atoms with Crippen LogP contribution in [-0.2, 0) is 10.8 Å². The molecular weight excluding hydrogens is 839 g/mol. The van der Waals surface area contributed by atoms with Crippen molar-refractivity contribution in [3.8, 4) is 56.4 Å². The third-order valence-corrected chi connectivity index (χ3v) is 15.4. The van der Waals surface area contributed by atoms with Gasteiger partial charge in [-0.25, -0.2) is 0 Å². The van der Waals surface area contributed by atoms with Crippen molar-refractivity contribution < 1.29 is 9.47 Å². The normalized spacial score (nSPS) is 14.3. The largest absolute Gasteiger partial charge is 0.457 e. The highest BCUT2D eigenvalue weighted by molar-refractivity contribution is 6.11. The quantitative estimate of drug-likeness (QED) is 0.176. The molecule has 0 saturated carbocycles. The number of para-hydroxylation sites is 5. The predicted octanol–water partition coefficient (Wildman–Crippen LogP) is 16.9. The lowest BCUT2D eigenvalue weighted by molar-refractivity contribution is 0.436. The van der Waals surface area contributed by atoms with Crippen molar-refractivity contribution in [1.29, 1.82) is 0 Å². The van der Waals surface area contributed by atoms with Crippen LogP contribution >= 0.6 is 0 Å². The molecule has 2 heterocycles. The van der Waals surface area contributed by atoms with Crippen LogP contribution in [0, 0.1) is 0 Å². The smallest absolute Gasteiger partial charge is 0.132 e. The summed E-state index contributed by atoms with van der Waals surface area (Å²) in [5.41, 5.74) is 18.8. The summed E-state index contributed by atoms with van der Waals surface area (Å²) in [7, 11) is 0. The number of ether oxygens (including phenoxy) is 2. The van der Waals surface area contributed by atoms with Crippen LogP contribution in [0.15, 0.2) is 249 Å². The molecule has 0 radical (unpaired) electrons. The lowest BCUT2D eigenvalue weighted by Crippen LogP contribution is -2.32. The van der Waals surface area contributed by atoms with E-state index in [4.69, 9.17) is 9.47 Å². The van der Waals surface area contributed by atoms with Gasteiger partial charge in [-0.1, -0.05) is 206 Å². The summed E-state index contributed by atoms with van der Waals surface area (Å²) in [6.45, 7) is 0. The highest BCUT2D eigenvalue weighted by Crippen LogP contribution is 2.67. The molecule has 2 aliphatic carbocycles. The van der Waals surface area contributed by atoms with Crippen molar-refractivity contribution in [2.24, 2.45) is 0 Å². The first kappa shape index (κ1) is 38.2. The number of hydrogen-bond acceptors (Lipinski definition) is 3. The third kappa shape index (κ3) is 4.96. The van der Waals surface area contributed by atoms with E-state index >= 15 is 0 Å². The van der Waals surface area contributed by atoms with Gasteiger partial charge in [0.2, 0.25) is 0 Å². The van der Waals surface area contributed by atoms with Crippen LogP contribution in [0.4, 0.5) is 17.1 Å². The molecule has 2 aliphatic heterocycles. The van der Waals surface area contributed by atoms with E-state index in [0.29, 0.717) is 0 Å². The van der Waals surface area contributed by atoms with Gasteiger partial charge in [0.15, 0.2) is 0 Å². The van der Waals surface area contributed by atoms with Crippen LogP contribution in [-0.4, -0.2) is 0 Å². The Balaban J connectivity index is 1.09. The molecule has 0 saturated heterocycles. The number of rotatable bonds is 4. The van der Waals surface area contributed by atoms with Crippen molar-refractivity contribution in [2.45, 2.75) is 10.8 Å². The van der Waals surface area contributed by atoms with Crippen LogP contribution in [0.2, 0.25) is 0 Å². The van der Waals surface area contributed by atoms with Crippen LogP contribution in [0.5, 0.6) is 23.0 Å². The van der Waals surface area contributed by atoms with Crippen molar-refractivity contribution in [2.75, 3.05) is 4.90 Å². The van der Waals surface area contributed by atoms with Gasteiger partial charge in [-0.05, 0) is 92.4 Å². The molecule has 0 amide bonds. The van der Waals surface area contributed by atoms with E-state index in [9.17, 15) is 0 Å². The first-order valence-corrected chi connectivity index (χ1v) is 23.8. The minimum Gasteiger partial charge on any atom is -0.457 e. The standard InChI is InChI=1S/C66H41NO2/c1-2-21-42(22-3-1)43-23-8-15-35-56(43)67(57-36-20-34-55-63(57)47-27-7-10-29-50(47)65(55)51-30-11-16-37-59(51)68-60-38-17-12-31-52(60)65)58-41-48-44-24-6-9-28-49(44)66(64(48)46-26-5-4-25-45(46)58)53-32-13-18-39-61(53)69-62-40-19-14-33-54(62)66/h1-41H. The molecule has 0 unspecified atom stereocenters. The summed E-state index contributed by atoms with van der Waals surface area (Å²) >= 11 is 0. The highest BCUT2D eigenvalue weighted by atomic mass is 16.5. The maximum absolute atomic E-state index is 6.79. The maximum Gasteiger partial charge on any atom is 0.132 e. The number of nitrogens with zero attached hydrogens (tertiary/aromatic N) is 1. The van der Waals surface area contributed by atoms with Crippen LogP contribution in [0.3, 0.4) is 0 Å². The van der Waals surface area contributed by atoms with E-state index in [0.717, 1.165) is 78.8 Å². The van der Waals surface area contributed by atoms with Gasteiger partial charge in [0, 0.05) is 38.8 Å². The van der Waals surface area contributed by atoms with Gasteiger partial charge in [0.1, 0.15) is 23.0 Å². The summed E-state index contributed by atoms with van der Waals surface area (Å²) in [4.78, 5) is 2.58. The fourth-order valence-corrected chi connectivity index (χ4v) is 12.9. The Morgan fingerprint density at radius 3 is 1.33 bits per heavy atom. The van der Waals surface area contributed by atoms with E-state index in [1.807, 2.05) is 0 Å². The molecule has 15 rings (SSSR count). The first-order chi connectivity index (χ1) is 34.3. The summed E-state index contributed by atoms with van der Waals surface area (Å²) < 4.78 is 13.6. The summed E-state index contributed by atoms with van der Waals surface area (Å²) in [6.07, 6.45) is 0. The van der Waals surface area contributed by atoms with Gasteiger partial charge in [-0.2, -0.15) is 0 Å². The van der Waals surface area contributed by atoms with Gasteiger partial charge in [-0.15, -0.1) is 0 Å². The average Bonchev–Trinajstić information content (AvgIpc) is 3.88. The minimum absolute atomic E-state index is 0.632. The van der Waals surface area contributed by atoms with E-state index < -0.39 is 10.8 Å². The minimum atomic E-state index is -0.634. The molecule has 0 N–H and O–H groups in total. The predicted molar refractivity (Wildman–Crippen MR) is 279 cm³/mol. The second kappa shape index (κ2) is 14.3. The third-order valence-electron chi connectivity index (χ3n) is 15.4. The zero-order chi connectivity index (χ0) is 45.3. The monoisotopic (exact) mass is 879 g/mol. The van der Waals surface area contributed by atoms with Crippen LogP contribution in [0.1, 0.15) is 44.5 Å². The van der Waals surface area contributed by atoms with Crippen molar-refractivity contribution >= 4 is 27.8 Å². The lowest BCUT2D eigenvalue weighted by Gasteiger charge is -2.40. The topological polar surface area (TPSA) is 21.7 Å². The second-order valence-corrected chi connectivity index (χ2v) is 18.6. The van der Waals surface area contributed by atoms with E-state index in [1.165, 1.54) is 49.9 Å². The first-order valence-electron chi connectivity index (χ1n) is 23.8. The molecular formula is C66H41NO2. The highest BCUT2D eigenvalue weighted by Gasteiger charge is 2.54. The molecule has 4 aliphatic rings. The molecule has 0 fully saturated rings. The Morgan fingerprint density at radius 2 is 0.710 bits per heavy atom. The summed E-state index contributed by atoms with van der Waals surface area (Å²) in [5, 5.41) is 2.36. The lowest BCUT2D eigenvalue weighted by atomic mass is 9.65. The maximum atomic E-state index is 6.79. The van der Waals surface area contributed by atoms with E-state index in [1.54, 1.807) is 0 Å². The number of hydrogen-bond donors (Lipinski definition) is 0. The van der Waals surface area contributed by atoms with Gasteiger partial charge in [0.25, 0.3) is 0 Å². The molecule has 3 nitrogen and oxygen atoms in total. The fourth-order valence-electron chi connectivity index (χ4n) is 12.9. The van der Waals surface area contributed by atoms with Crippen LogP contribution in [0.25, 0.3) is 44.2 Å². The van der Waals surface area contributed by atoms with Gasteiger partial charge in [-0.3, -0.25) is 0 Å². The molecule has 11 aromatic rings. The summed E-state index contributed by atoms with van der Waals surface area (Å²) in [5.74, 6) is 3.52. The Morgan fingerprint density at radius 1 is 0.275 bits per heavy atom. The molecule has 11 aromatic carbocycles. The molecule has 0 bridgehead atoms. The zero-order valence-corrected chi connectivity index (χ0v) is 37.4. The SMILES string of the molecule is c1ccc(-c2ccccc2N(c2cccc3c2-c2ccccc2C32c3ccccc3Oc3ccccc32)c2cc3c(c4ccccc24)C2(c4ccccc4Oc4ccccc42)c2ccccc2-3)cc1.